The normalized spacial score (nSPS) is 11.2. The molecule has 0 radical (unpaired) electrons. The monoisotopic (exact) mass is 339 g/mol. The van der Waals surface area contributed by atoms with Gasteiger partial charge >= 0.3 is 0 Å². The number of aromatic nitrogens is 2. The Bertz CT molecular complexity index is 914. The van der Waals surface area contributed by atoms with Crippen molar-refractivity contribution in [3.05, 3.63) is 65.2 Å². The summed E-state index contributed by atoms with van der Waals surface area (Å²) in [5.74, 6) is 0.521. The summed E-state index contributed by atoms with van der Waals surface area (Å²) < 4.78 is 15.8. The van der Waals surface area contributed by atoms with Gasteiger partial charge in [-0.3, -0.25) is 4.79 Å². The van der Waals surface area contributed by atoms with Crippen molar-refractivity contribution in [3.8, 4) is 0 Å². The van der Waals surface area contributed by atoms with E-state index in [1.165, 1.54) is 6.07 Å². The minimum atomic E-state index is -0.307. The molecule has 0 atom stereocenters. The Kier molecular flexibility index (Phi) is 4.83. The molecular formula is C20H22FN3O. The first-order chi connectivity index (χ1) is 12.0. The molecule has 0 saturated carbocycles. The van der Waals surface area contributed by atoms with E-state index in [2.05, 4.69) is 28.7 Å². The standard InChI is InChI=1S/C20H22FN3O/c1-13(2)24-14(3)23-18-10-15(8-9-19(18)24)11-20(25)22-12-16-6-4-5-7-17(16)21/h4-10,13H,11-12H2,1-3H3,(H,22,25). The predicted octanol–water partition coefficient (Wildman–Crippen LogP) is 3.92. The molecule has 0 bridgehead atoms. The van der Waals surface area contributed by atoms with Crippen LogP contribution in [0.4, 0.5) is 4.39 Å². The highest BCUT2D eigenvalue weighted by Crippen LogP contribution is 2.22. The first kappa shape index (κ1) is 17.1. The summed E-state index contributed by atoms with van der Waals surface area (Å²) in [4.78, 5) is 16.7. The van der Waals surface area contributed by atoms with Gasteiger partial charge in [-0.2, -0.15) is 0 Å². The van der Waals surface area contributed by atoms with Gasteiger partial charge in [0.25, 0.3) is 0 Å². The molecule has 0 aliphatic carbocycles. The lowest BCUT2D eigenvalue weighted by atomic mass is 10.1. The number of hydrogen-bond donors (Lipinski definition) is 1. The molecular weight excluding hydrogens is 317 g/mol. The lowest BCUT2D eigenvalue weighted by molar-refractivity contribution is -0.120. The molecule has 0 unspecified atom stereocenters. The fraction of sp³-hybridized carbons (Fsp3) is 0.300. The van der Waals surface area contributed by atoms with E-state index in [0.29, 0.717) is 11.6 Å². The molecule has 0 fully saturated rings. The van der Waals surface area contributed by atoms with Gasteiger partial charge in [0, 0.05) is 18.2 Å². The smallest absolute Gasteiger partial charge is 0.224 e. The highest BCUT2D eigenvalue weighted by molar-refractivity contribution is 5.82. The van der Waals surface area contributed by atoms with Crippen LogP contribution in [0.5, 0.6) is 0 Å². The Morgan fingerprint density at radius 3 is 2.72 bits per heavy atom. The second-order valence-corrected chi connectivity index (χ2v) is 6.49. The van der Waals surface area contributed by atoms with Crippen LogP contribution in [-0.4, -0.2) is 15.5 Å². The van der Waals surface area contributed by atoms with E-state index < -0.39 is 0 Å². The first-order valence-electron chi connectivity index (χ1n) is 8.43. The molecule has 5 heteroatoms. The average Bonchev–Trinajstić information content (AvgIpc) is 2.89. The molecule has 3 aromatic rings. The van der Waals surface area contributed by atoms with E-state index >= 15 is 0 Å². The van der Waals surface area contributed by atoms with Crippen LogP contribution >= 0.6 is 0 Å². The Hall–Kier alpha value is -2.69. The van der Waals surface area contributed by atoms with Crippen LogP contribution in [-0.2, 0) is 17.8 Å². The highest BCUT2D eigenvalue weighted by Gasteiger charge is 2.12. The summed E-state index contributed by atoms with van der Waals surface area (Å²) in [6, 6.07) is 12.7. The minimum Gasteiger partial charge on any atom is -0.352 e. The van der Waals surface area contributed by atoms with Gasteiger partial charge in [-0.05, 0) is 44.5 Å². The van der Waals surface area contributed by atoms with Crippen molar-refractivity contribution in [2.75, 3.05) is 0 Å². The average molecular weight is 339 g/mol. The van der Waals surface area contributed by atoms with E-state index in [1.807, 2.05) is 25.1 Å². The second kappa shape index (κ2) is 7.05. The van der Waals surface area contributed by atoms with Gasteiger partial charge in [-0.15, -0.1) is 0 Å². The van der Waals surface area contributed by atoms with Crippen molar-refractivity contribution < 1.29 is 9.18 Å². The Balaban J connectivity index is 1.70. The zero-order valence-corrected chi connectivity index (χ0v) is 14.7. The number of halogens is 1. The van der Waals surface area contributed by atoms with E-state index in [9.17, 15) is 9.18 Å². The van der Waals surface area contributed by atoms with Crippen molar-refractivity contribution in [2.45, 2.75) is 39.8 Å². The van der Waals surface area contributed by atoms with E-state index in [-0.39, 0.29) is 24.7 Å². The number of imidazole rings is 1. The third kappa shape index (κ3) is 3.71. The summed E-state index contributed by atoms with van der Waals surface area (Å²) in [6.45, 7) is 6.42. The maximum Gasteiger partial charge on any atom is 0.224 e. The molecule has 1 aromatic heterocycles. The molecule has 0 saturated heterocycles. The van der Waals surface area contributed by atoms with E-state index in [4.69, 9.17) is 0 Å². The number of aryl methyl sites for hydroxylation is 1. The van der Waals surface area contributed by atoms with Gasteiger partial charge in [-0.1, -0.05) is 24.3 Å². The van der Waals surface area contributed by atoms with Crippen LogP contribution in [0.2, 0.25) is 0 Å². The van der Waals surface area contributed by atoms with Gasteiger partial charge < -0.3 is 9.88 Å². The van der Waals surface area contributed by atoms with Gasteiger partial charge in [0.2, 0.25) is 5.91 Å². The number of fused-ring (bicyclic) bond motifs is 1. The summed E-state index contributed by atoms with van der Waals surface area (Å²) in [5, 5.41) is 2.77. The molecule has 2 aromatic carbocycles. The van der Waals surface area contributed by atoms with Crippen molar-refractivity contribution >= 4 is 16.9 Å². The summed E-state index contributed by atoms with van der Waals surface area (Å²) in [5.41, 5.74) is 3.35. The van der Waals surface area contributed by atoms with Crippen LogP contribution in [0.25, 0.3) is 11.0 Å². The number of nitrogens with one attached hydrogen (secondary N) is 1. The lowest BCUT2D eigenvalue weighted by Crippen LogP contribution is -2.25. The maximum atomic E-state index is 13.6. The Morgan fingerprint density at radius 1 is 1.24 bits per heavy atom. The van der Waals surface area contributed by atoms with Crippen molar-refractivity contribution in [1.29, 1.82) is 0 Å². The Labute approximate surface area is 146 Å². The first-order valence-corrected chi connectivity index (χ1v) is 8.43. The Morgan fingerprint density at radius 2 is 2.00 bits per heavy atom. The van der Waals surface area contributed by atoms with Crippen LogP contribution in [0.3, 0.4) is 0 Å². The molecule has 1 heterocycles. The number of nitrogens with zero attached hydrogens (tertiary/aromatic N) is 2. The SMILES string of the molecule is Cc1nc2cc(CC(=O)NCc3ccccc3F)ccc2n1C(C)C. The maximum absolute atomic E-state index is 13.6. The largest absolute Gasteiger partial charge is 0.352 e. The van der Waals surface area contributed by atoms with Crippen LogP contribution in [0, 0.1) is 12.7 Å². The molecule has 4 nitrogen and oxygen atoms in total. The van der Waals surface area contributed by atoms with Gasteiger partial charge in [0.1, 0.15) is 11.6 Å². The fourth-order valence-electron chi connectivity index (χ4n) is 3.11. The molecule has 1 amide bonds. The summed E-state index contributed by atoms with van der Waals surface area (Å²) in [6.07, 6.45) is 0.248. The molecule has 0 spiro atoms. The van der Waals surface area contributed by atoms with Gasteiger partial charge in [-0.25, -0.2) is 9.37 Å². The topological polar surface area (TPSA) is 46.9 Å². The molecule has 0 aliphatic rings. The van der Waals surface area contributed by atoms with Crippen molar-refractivity contribution in [1.82, 2.24) is 14.9 Å². The zero-order valence-electron chi connectivity index (χ0n) is 14.7. The zero-order chi connectivity index (χ0) is 18.0. The van der Waals surface area contributed by atoms with E-state index in [0.717, 1.165) is 22.4 Å². The molecule has 1 N–H and O–H groups in total. The number of carbonyl (C=O) groups excluding carboxylic acids is 1. The van der Waals surface area contributed by atoms with Crippen molar-refractivity contribution in [2.24, 2.45) is 0 Å². The number of rotatable bonds is 5. The number of amides is 1. The third-order valence-electron chi connectivity index (χ3n) is 4.25. The minimum absolute atomic E-state index is 0.136. The number of carbonyl (C=O) groups is 1. The molecule has 3 rings (SSSR count). The summed E-state index contributed by atoms with van der Waals surface area (Å²) in [7, 11) is 0. The van der Waals surface area contributed by atoms with Gasteiger partial charge in [0.05, 0.1) is 17.5 Å². The highest BCUT2D eigenvalue weighted by atomic mass is 19.1. The van der Waals surface area contributed by atoms with Crippen LogP contribution in [0.1, 0.15) is 36.8 Å². The number of benzene rings is 2. The predicted molar refractivity (Wildman–Crippen MR) is 96.8 cm³/mol. The second-order valence-electron chi connectivity index (χ2n) is 6.49. The molecule has 130 valence electrons. The molecule has 0 aliphatic heterocycles. The fourth-order valence-corrected chi connectivity index (χ4v) is 3.11. The lowest BCUT2D eigenvalue weighted by Gasteiger charge is -2.11. The van der Waals surface area contributed by atoms with Gasteiger partial charge in [0.15, 0.2) is 0 Å². The van der Waals surface area contributed by atoms with Crippen LogP contribution < -0.4 is 5.32 Å². The van der Waals surface area contributed by atoms with E-state index in [1.54, 1.807) is 18.2 Å². The van der Waals surface area contributed by atoms with Crippen LogP contribution in [0.15, 0.2) is 42.5 Å². The number of hydrogen-bond acceptors (Lipinski definition) is 2. The summed E-state index contributed by atoms with van der Waals surface area (Å²) >= 11 is 0. The van der Waals surface area contributed by atoms with Crippen molar-refractivity contribution in [3.63, 3.8) is 0 Å². The molecule has 25 heavy (non-hydrogen) atoms. The third-order valence-corrected chi connectivity index (χ3v) is 4.25. The quantitative estimate of drug-likeness (QED) is 0.766.